The van der Waals surface area contributed by atoms with E-state index in [0.717, 1.165) is 31.4 Å². The summed E-state index contributed by atoms with van der Waals surface area (Å²) in [5.41, 5.74) is 1.45. The molecule has 0 atom stereocenters. The number of hydrogen-bond acceptors (Lipinski definition) is 4. The number of amides is 2. The average Bonchev–Trinajstić information content (AvgIpc) is 2.87. The topological polar surface area (TPSA) is 78.6 Å². The van der Waals surface area contributed by atoms with Gasteiger partial charge in [0.05, 0.1) is 0 Å². The molecule has 1 aromatic heterocycles. The van der Waals surface area contributed by atoms with E-state index >= 15 is 0 Å². The summed E-state index contributed by atoms with van der Waals surface area (Å²) in [6, 6.07) is -0.112. The van der Waals surface area contributed by atoms with Gasteiger partial charge >= 0.3 is 6.03 Å². The van der Waals surface area contributed by atoms with Crippen LogP contribution in [0.5, 0.6) is 0 Å². The fraction of sp³-hybridized carbons (Fsp3) is 0.733. The summed E-state index contributed by atoms with van der Waals surface area (Å²) in [4.78, 5) is 14.2. The zero-order valence-electron chi connectivity index (χ0n) is 13.1. The minimum Gasteiger partial charge on any atom is -0.396 e. The number of hydrogen-bond donors (Lipinski definition) is 2. The number of nitrogens with one attached hydrogen (secondary N) is 1. The van der Waals surface area contributed by atoms with E-state index in [2.05, 4.69) is 17.4 Å². The summed E-state index contributed by atoms with van der Waals surface area (Å²) in [6.45, 7) is 7.41. The van der Waals surface area contributed by atoms with E-state index in [-0.39, 0.29) is 18.1 Å². The Morgan fingerprint density at radius 2 is 2.10 bits per heavy atom. The highest BCUT2D eigenvalue weighted by Crippen LogP contribution is 2.34. The van der Waals surface area contributed by atoms with Crippen LogP contribution in [0.1, 0.15) is 44.6 Å². The van der Waals surface area contributed by atoms with Crippen molar-refractivity contribution in [1.82, 2.24) is 10.1 Å². The number of aromatic nitrogens is 1. The van der Waals surface area contributed by atoms with E-state index in [1.54, 1.807) is 11.8 Å². The first kappa shape index (κ1) is 15.8. The number of aliphatic hydroxyl groups is 1. The summed E-state index contributed by atoms with van der Waals surface area (Å²) in [6.07, 6.45) is 3.35. The number of aryl methyl sites for hydroxylation is 2. The second-order valence-corrected chi connectivity index (χ2v) is 5.84. The molecule has 1 saturated heterocycles. The number of carbonyl (C=O) groups excluding carboxylic acids is 1. The summed E-state index contributed by atoms with van der Waals surface area (Å²) < 4.78 is 5.13. The Kier molecular flexibility index (Phi) is 4.88. The molecule has 0 spiro atoms. The van der Waals surface area contributed by atoms with E-state index < -0.39 is 0 Å². The molecule has 21 heavy (non-hydrogen) atoms. The molecule has 0 aliphatic carbocycles. The SMILES string of the molecule is CCc1noc(C)c1NC(=O)N1CCC(CC)(CO)CC1. The van der Waals surface area contributed by atoms with Gasteiger partial charge in [0.15, 0.2) is 5.76 Å². The van der Waals surface area contributed by atoms with Gasteiger partial charge in [-0.15, -0.1) is 0 Å². The highest BCUT2D eigenvalue weighted by atomic mass is 16.5. The lowest BCUT2D eigenvalue weighted by molar-refractivity contribution is 0.0542. The van der Waals surface area contributed by atoms with Crippen molar-refractivity contribution in [3.8, 4) is 0 Å². The summed E-state index contributed by atoms with van der Waals surface area (Å²) in [5.74, 6) is 0.635. The second kappa shape index (κ2) is 6.47. The van der Waals surface area contributed by atoms with Crippen LogP contribution >= 0.6 is 0 Å². The van der Waals surface area contributed by atoms with Gasteiger partial charge in [0.25, 0.3) is 0 Å². The lowest BCUT2D eigenvalue weighted by Crippen LogP contribution is -2.46. The summed E-state index contributed by atoms with van der Waals surface area (Å²) in [5, 5.41) is 16.4. The van der Waals surface area contributed by atoms with Crippen LogP contribution in [0.3, 0.4) is 0 Å². The molecule has 2 N–H and O–H groups in total. The van der Waals surface area contributed by atoms with Crippen LogP contribution in [0.4, 0.5) is 10.5 Å². The molecule has 0 saturated carbocycles. The van der Waals surface area contributed by atoms with Crippen molar-refractivity contribution in [2.24, 2.45) is 5.41 Å². The number of piperidine rings is 1. The lowest BCUT2D eigenvalue weighted by atomic mass is 9.77. The van der Waals surface area contributed by atoms with Crippen molar-refractivity contribution in [1.29, 1.82) is 0 Å². The fourth-order valence-electron chi connectivity index (χ4n) is 2.81. The molecule has 0 aromatic carbocycles. The molecule has 1 aromatic rings. The Balaban J connectivity index is 1.98. The Bertz CT molecular complexity index is 484. The molecule has 2 rings (SSSR count). The van der Waals surface area contributed by atoms with Gasteiger partial charge in [0, 0.05) is 19.7 Å². The molecule has 1 aliphatic rings. The van der Waals surface area contributed by atoms with Crippen molar-refractivity contribution in [3.05, 3.63) is 11.5 Å². The smallest absolute Gasteiger partial charge is 0.321 e. The normalized spacial score (nSPS) is 17.8. The maximum atomic E-state index is 12.4. The molecule has 6 heteroatoms. The molecular formula is C15H25N3O3. The number of nitrogens with zero attached hydrogens (tertiary/aromatic N) is 2. The van der Waals surface area contributed by atoms with Gasteiger partial charge in [-0.3, -0.25) is 0 Å². The standard InChI is InChI=1S/C15H25N3O3/c1-4-12-13(11(3)21-17-12)16-14(20)18-8-6-15(5-2,10-19)7-9-18/h19H,4-10H2,1-3H3,(H,16,20). The van der Waals surface area contributed by atoms with Crippen LogP contribution in [-0.4, -0.2) is 40.9 Å². The zero-order valence-corrected chi connectivity index (χ0v) is 13.1. The lowest BCUT2D eigenvalue weighted by Gasteiger charge is -2.40. The summed E-state index contributed by atoms with van der Waals surface area (Å²) >= 11 is 0. The number of aliphatic hydroxyl groups excluding tert-OH is 1. The first-order chi connectivity index (χ1) is 10.0. The number of likely N-dealkylation sites (tertiary alicyclic amines) is 1. The van der Waals surface area contributed by atoms with E-state index in [0.29, 0.717) is 24.5 Å². The van der Waals surface area contributed by atoms with E-state index in [4.69, 9.17) is 4.52 Å². The second-order valence-electron chi connectivity index (χ2n) is 5.84. The van der Waals surface area contributed by atoms with Crippen molar-refractivity contribution in [3.63, 3.8) is 0 Å². The van der Waals surface area contributed by atoms with Crippen LogP contribution < -0.4 is 5.32 Å². The van der Waals surface area contributed by atoms with Crippen LogP contribution in [-0.2, 0) is 6.42 Å². The van der Waals surface area contributed by atoms with Crippen molar-refractivity contribution in [2.45, 2.75) is 46.5 Å². The maximum Gasteiger partial charge on any atom is 0.321 e. The first-order valence-electron chi connectivity index (χ1n) is 7.67. The molecule has 0 radical (unpaired) electrons. The zero-order chi connectivity index (χ0) is 15.5. The Hall–Kier alpha value is -1.56. The third-order valence-electron chi connectivity index (χ3n) is 4.70. The van der Waals surface area contributed by atoms with E-state index in [9.17, 15) is 9.90 Å². The molecule has 118 valence electrons. The van der Waals surface area contributed by atoms with Gasteiger partial charge in [0.1, 0.15) is 11.4 Å². The Morgan fingerprint density at radius 3 is 2.62 bits per heavy atom. The monoisotopic (exact) mass is 295 g/mol. The molecule has 6 nitrogen and oxygen atoms in total. The van der Waals surface area contributed by atoms with Gasteiger partial charge in [-0.25, -0.2) is 4.79 Å². The number of carbonyl (C=O) groups is 1. The van der Waals surface area contributed by atoms with Gasteiger partial charge < -0.3 is 19.8 Å². The van der Waals surface area contributed by atoms with Gasteiger partial charge in [-0.2, -0.15) is 0 Å². The molecule has 0 bridgehead atoms. The van der Waals surface area contributed by atoms with Crippen LogP contribution in [0, 0.1) is 12.3 Å². The molecule has 1 aliphatic heterocycles. The molecule has 0 unspecified atom stereocenters. The fourth-order valence-corrected chi connectivity index (χ4v) is 2.81. The largest absolute Gasteiger partial charge is 0.396 e. The molecular weight excluding hydrogens is 270 g/mol. The van der Waals surface area contributed by atoms with Gasteiger partial charge in [0.2, 0.25) is 0 Å². The third-order valence-corrected chi connectivity index (χ3v) is 4.70. The quantitative estimate of drug-likeness (QED) is 0.894. The van der Waals surface area contributed by atoms with Crippen molar-refractivity contribution < 1.29 is 14.4 Å². The summed E-state index contributed by atoms with van der Waals surface area (Å²) in [7, 11) is 0. The Morgan fingerprint density at radius 1 is 1.43 bits per heavy atom. The molecule has 2 amide bonds. The predicted octanol–water partition coefficient (Wildman–Crippen LogP) is 2.56. The average molecular weight is 295 g/mol. The number of rotatable bonds is 4. The molecule has 1 fully saturated rings. The van der Waals surface area contributed by atoms with E-state index in [1.807, 2.05) is 6.92 Å². The van der Waals surface area contributed by atoms with Crippen LogP contribution in [0.25, 0.3) is 0 Å². The van der Waals surface area contributed by atoms with Crippen LogP contribution in [0.15, 0.2) is 4.52 Å². The first-order valence-corrected chi connectivity index (χ1v) is 7.67. The highest BCUT2D eigenvalue weighted by molar-refractivity contribution is 5.90. The maximum absolute atomic E-state index is 12.4. The van der Waals surface area contributed by atoms with Crippen molar-refractivity contribution in [2.75, 3.05) is 25.0 Å². The van der Waals surface area contributed by atoms with Gasteiger partial charge in [-0.05, 0) is 38.0 Å². The number of urea groups is 1. The predicted molar refractivity (Wildman–Crippen MR) is 80.3 cm³/mol. The van der Waals surface area contributed by atoms with Crippen molar-refractivity contribution >= 4 is 11.7 Å². The number of anilines is 1. The van der Waals surface area contributed by atoms with Crippen LogP contribution in [0.2, 0.25) is 0 Å². The molecule has 2 heterocycles. The third kappa shape index (κ3) is 3.20. The van der Waals surface area contributed by atoms with Gasteiger partial charge in [-0.1, -0.05) is 19.0 Å². The minimum atomic E-state index is -0.112. The minimum absolute atomic E-state index is 0.0154. The van der Waals surface area contributed by atoms with E-state index in [1.165, 1.54) is 0 Å². The highest BCUT2D eigenvalue weighted by Gasteiger charge is 2.34. The Labute approximate surface area is 125 Å².